The summed E-state index contributed by atoms with van der Waals surface area (Å²) >= 11 is 0. The lowest BCUT2D eigenvalue weighted by molar-refractivity contribution is -0.197. The van der Waals surface area contributed by atoms with E-state index in [1.165, 1.54) is 6.92 Å². The number of ketones is 1. The van der Waals surface area contributed by atoms with Gasteiger partial charge in [0.15, 0.2) is 0 Å². The van der Waals surface area contributed by atoms with Crippen molar-refractivity contribution in [3.63, 3.8) is 0 Å². The Morgan fingerprint density at radius 3 is 2.15 bits per heavy atom. The van der Waals surface area contributed by atoms with Gasteiger partial charge in [0.05, 0.1) is 5.92 Å². The van der Waals surface area contributed by atoms with E-state index in [1.807, 2.05) is 0 Å². The fourth-order valence-corrected chi connectivity index (χ4v) is 2.01. The first kappa shape index (κ1) is 10.5. The summed E-state index contributed by atoms with van der Waals surface area (Å²) < 4.78 is 37.2. The average Bonchev–Trinajstić information content (AvgIpc) is 2.03. The fourth-order valence-electron chi connectivity index (χ4n) is 2.01. The van der Waals surface area contributed by atoms with Gasteiger partial charge in [-0.3, -0.25) is 4.79 Å². The first-order valence-electron chi connectivity index (χ1n) is 4.50. The first-order chi connectivity index (χ1) is 5.93. The lowest BCUT2D eigenvalue weighted by Crippen LogP contribution is -2.36. The van der Waals surface area contributed by atoms with E-state index >= 15 is 0 Å². The van der Waals surface area contributed by atoms with Crippen molar-refractivity contribution in [2.45, 2.75) is 38.8 Å². The third kappa shape index (κ3) is 2.45. The Bertz CT molecular complexity index is 198. The van der Waals surface area contributed by atoms with Gasteiger partial charge >= 0.3 is 6.18 Å². The third-order valence-corrected chi connectivity index (χ3v) is 2.71. The molecule has 0 spiro atoms. The number of rotatable bonds is 1. The normalized spacial score (nSPS) is 30.2. The molecule has 4 heteroatoms. The molecular formula is C9H13F3O. The molecule has 76 valence electrons. The van der Waals surface area contributed by atoms with Crippen LogP contribution < -0.4 is 0 Å². The van der Waals surface area contributed by atoms with Gasteiger partial charge in [-0.15, -0.1) is 0 Å². The number of hydrogen-bond donors (Lipinski definition) is 0. The second-order valence-electron chi connectivity index (χ2n) is 3.65. The van der Waals surface area contributed by atoms with Gasteiger partial charge < -0.3 is 0 Å². The Morgan fingerprint density at radius 1 is 1.23 bits per heavy atom. The Balaban J connectivity index is 2.73. The van der Waals surface area contributed by atoms with Crippen molar-refractivity contribution < 1.29 is 18.0 Å². The van der Waals surface area contributed by atoms with Crippen LogP contribution in [0.15, 0.2) is 0 Å². The summed E-state index contributed by atoms with van der Waals surface area (Å²) in [5.74, 6) is -2.49. The van der Waals surface area contributed by atoms with Crippen LogP contribution >= 0.6 is 0 Å². The Kier molecular flexibility index (Phi) is 2.98. The highest BCUT2D eigenvalue weighted by Gasteiger charge is 2.46. The van der Waals surface area contributed by atoms with Crippen molar-refractivity contribution in [1.82, 2.24) is 0 Å². The average molecular weight is 194 g/mol. The molecule has 0 aromatic carbocycles. The van der Waals surface area contributed by atoms with Gasteiger partial charge in [-0.1, -0.05) is 12.8 Å². The number of carbonyl (C=O) groups is 1. The van der Waals surface area contributed by atoms with E-state index in [1.54, 1.807) is 0 Å². The van der Waals surface area contributed by atoms with Crippen molar-refractivity contribution in [2.24, 2.45) is 11.8 Å². The summed E-state index contributed by atoms with van der Waals surface area (Å²) in [5, 5.41) is 0. The van der Waals surface area contributed by atoms with Crippen LogP contribution in [0.5, 0.6) is 0 Å². The van der Waals surface area contributed by atoms with Crippen LogP contribution in [0.3, 0.4) is 0 Å². The van der Waals surface area contributed by atoms with Crippen LogP contribution in [0.4, 0.5) is 13.2 Å². The minimum Gasteiger partial charge on any atom is -0.300 e. The van der Waals surface area contributed by atoms with E-state index in [0.717, 1.165) is 6.42 Å². The topological polar surface area (TPSA) is 17.1 Å². The van der Waals surface area contributed by atoms with E-state index < -0.39 is 18.0 Å². The SMILES string of the molecule is CC(=O)C1CCCCC1C(F)(F)F. The predicted octanol–water partition coefficient (Wildman–Crippen LogP) is 2.94. The zero-order valence-corrected chi connectivity index (χ0v) is 7.53. The summed E-state index contributed by atoms with van der Waals surface area (Å²) in [5.41, 5.74) is 0. The molecule has 1 fully saturated rings. The molecule has 0 radical (unpaired) electrons. The van der Waals surface area contributed by atoms with E-state index in [0.29, 0.717) is 12.8 Å². The number of hydrogen-bond acceptors (Lipinski definition) is 1. The van der Waals surface area contributed by atoms with Gasteiger partial charge in [0, 0.05) is 5.92 Å². The second-order valence-corrected chi connectivity index (χ2v) is 3.65. The van der Waals surface area contributed by atoms with Crippen LogP contribution in [0.1, 0.15) is 32.6 Å². The van der Waals surface area contributed by atoms with Crippen molar-refractivity contribution in [3.05, 3.63) is 0 Å². The third-order valence-electron chi connectivity index (χ3n) is 2.71. The monoisotopic (exact) mass is 194 g/mol. The molecule has 0 saturated heterocycles. The largest absolute Gasteiger partial charge is 0.392 e. The molecule has 0 aromatic heterocycles. The molecule has 0 heterocycles. The van der Waals surface area contributed by atoms with Crippen molar-refractivity contribution >= 4 is 5.78 Å². The van der Waals surface area contributed by atoms with Crippen LogP contribution in [0.25, 0.3) is 0 Å². The molecule has 2 unspecified atom stereocenters. The zero-order chi connectivity index (χ0) is 10.1. The second kappa shape index (κ2) is 3.68. The van der Waals surface area contributed by atoms with E-state index in [2.05, 4.69) is 0 Å². The number of carbonyl (C=O) groups excluding carboxylic acids is 1. The molecule has 0 amide bonds. The number of Topliss-reactive ketones (excluding diaryl/α,β-unsaturated/α-hetero) is 1. The summed E-state index contributed by atoms with van der Waals surface area (Å²) in [7, 11) is 0. The summed E-state index contributed by atoms with van der Waals surface area (Å²) in [6.45, 7) is 1.26. The standard InChI is InChI=1S/C9H13F3O/c1-6(13)7-4-2-3-5-8(7)9(10,11)12/h7-8H,2-5H2,1H3. The molecule has 0 N–H and O–H groups in total. The summed E-state index contributed by atoms with van der Waals surface area (Å²) in [6, 6.07) is 0. The lowest BCUT2D eigenvalue weighted by Gasteiger charge is -2.31. The molecule has 1 saturated carbocycles. The van der Waals surface area contributed by atoms with Gasteiger partial charge in [-0.05, 0) is 19.8 Å². The minimum absolute atomic E-state index is 0.119. The first-order valence-corrected chi connectivity index (χ1v) is 4.50. The van der Waals surface area contributed by atoms with E-state index in [-0.39, 0.29) is 12.2 Å². The van der Waals surface area contributed by atoms with Gasteiger partial charge in [0.1, 0.15) is 5.78 Å². The van der Waals surface area contributed by atoms with Crippen molar-refractivity contribution in [1.29, 1.82) is 0 Å². The summed E-state index contributed by atoms with van der Waals surface area (Å²) in [6.07, 6.45) is -2.34. The number of halogens is 3. The number of alkyl halides is 3. The molecule has 1 aliphatic carbocycles. The highest BCUT2D eigenvalue weighted by atomic mass is 19.4. The van der Waals surface area contributed by atoms with Gasteiger partial charge in [-0.2, -0.15) is 13.2 Å². The van der Waals surface area contributed by atoms with E-state index in [4.69, 9.17) is 0 Å². The molecule has 1 rings (SSSR count). The van der Waals surface area contributed by atoms with Gasteiger partial charge in [0.25, 0.3) is 0 Å². The van der Waals surface area contributed by atoms with E-state index in [9.17, 15) is 18.0 Å². The highest BCUT2D eigenvalue weighted by molar-refractivity contribution is 5.78. The van der Waals surface area contributed by atoms with Crippen LogP contribution in [0, 0.1) is 11.8 Å². The van der Waals surface area contributed by atoms with Crippen LogP contribution in [-0.4, -0.2) is 12.0 Å². The summed E-state index contributed by atoms with van der Waals surface area (Å²) in [4.78, 5) is 11.0. The minimum atomic E-state index is -4.20. The highest BCUT2D eigenvalue weighted by Crippen LogP contribution is 2.41. The zero-order valence-electron chi connectivity index (χ0n) is 7.53. The maximum absolute atomic E-state index is 12.4. The fraction of sp³-hybridized carbons (Fsp3) is 0.889. The lowest BCUT2D eigenvalue weighted by atomic mass is 9.77. The van der Waals surface area contributed by atoms with Gasteiger partial charge in [-0.25, -0.2) is 0 Å². The Hall–Kier alpha value is -0.540. The van der Waals surface area contributed by atoms with Crippen LogP contribution in [-0.2, 0) is 4.79 Å². The molecule has 0 aromatic rings. The van der Waals surface area contributed by atoms with Crippen molar-refractivity contribution in [2.75, 3.05) is 0 Å². The quantitative estimate of drug-likeness (QED) is 0.627. The maximum atomic E-state index is 12.4. The molecule has 0 aliphatic heterocycles. The molecular weight excluding hydrogens is 181 g/mol. The molecule has 0 bridgehead atoms. The Labute approximate surface area is 75.3 Å². The van der Waals surface area contributed by atoms with Crippen LogP contribution in [0.2, 0.25) is 0 Å². The molecule has 1 aliphatic rings. The molecule has 13 heavy (non-hydrogen) atoms. The Morgan fingerprint density at radius 2 is 1.77 bits per heavy atom. The van der Waals surface area contributed by atoms with Gasteiger partial charge in [0.2, 0.25) is 0 Å². The maximum Gasteiger partial charge on any atom is 0.392 e. The predicted molar refractivity (Wildman–Crippen MR) is 42.2 cm³/mol. The van der Waals surface area contributed by atoms with Crippen molar-refractivity contribution in [3.8, 4) is 0 Å². The smallest absolute Gasteiger partial charge is 0.300 e. The molecule has 1 nitrogen and oxygen atoms in total. The molecule has 2 atom stereocenters.